The van der Waals surface area contributed by atoms with Crippen LogP contribution in [0.1, 0.15) is 19.3 Å². The molecule has 15 heavy (non-hydrogen) atoms. The van der Waals surface area contributed by atoms with Gasteiger partial charge in [-0.2, -0.15) is 0 Å². The standard InChI is InChI=1S/C10H14N2O3/c13-9-8-2-1-4-11(8)10(14)12(9)7-3-5-15-6-7/h7-8H,1-6H2. The molecule has 0 N–H and O–H groups in total. The van der Waals surface area contributed by atoms with E-state index in [1.54, 1.807) is 4.90 Å². The number of nitrogens with zero attached hydrogens (tertiary/aromatic N) is 2. The summed E-state index contributed by atoms with van der Waals surface area (Å²) in [5.41, 5.74) is 0. The number of hydrogen-bond donors (Lipinski definition) is 0. The first kappa shape index (κ1) is 9.15. The molecule has 5 nitrogen and oxygen atoms in total. The Balaban J connectivity index is 1.84. The van der Waals surface area contributed by atoms with Gasteiger partial charge in [0.2, 0.25) is 0 Å². The molecule has 0 saturated carbocycles. The van der Waals surface area contributed by atoms with E-state index in [9.17, 15) is 9.59 Å². The van der Waals surface area contributed by atoms with Crippen molar-refractivity contribution in [3.05, 3.63) is 0 Å². The lowest BCUT2D eigenvalue weighted by atomic mass is 10.2. The molecule has 82 valence electrons. The molecule has 3 aliphatic rings. The predicted octanol–water partition coefficient (Wildman–Crippen LogP) is 0.202. The smallest absolute Gasteiger partial charge is 0.327 e. The molecule has 0 aromatic rings. The van der Waals surface area contributed by atoms with Gasteiger partial charge in [0.15, 0.2) is 0 Å². The van der Waals surface area contributed by atoms with E-state index in [0.29, 0.717) is 13.2 Å². The van der Waals surface area contributed by atoms with Crippen LogP contribution in [0.15, 0.2) is 0 Å². The van der Waals surface area contributed by atoms with Crippen molar-refractivity contribution in [2.45, 2.75) is 31.3 Å². The quantitative estimate of drug-likeness (QED) is 0.581. The Morgan fingerprint density at radius 1 is 1.27 bits per heavy atom. The number of ether oxygens (including phenoxy) is 1. The van der Waals surface area contributed by atoms with Crippen molar-refractivity contribution >= 4 is 11.9 Å². The second-order valence-electron chi connectivity index (χ2n) is 4.36. The molecular weight excluding hydrogens is 196 g/mol. The van der Waals surface area contributed by atoms with E-state index < -0.39 is 0 Å². The Morgan fingerprint density at radius 2 is 2.13 bits per heavy atom. The zero-order valence-electron chi connectivity index (χ0n) is 8.52. The van der Waals surface area contributed by atoms with Gasteiger partial charge in [0.25, 0.3) is 5.91 Å². The fraction of sp³-hybridized carbons (Fsp3) is 0.800. The molecule has 2 atom stereocenters. The lowest BCUT2D eigenvalue weighted by molar-refractivity contribution is -0.129. The summed E-state index contributed by atoms with van der Waals surface area (Å²) in [7, 11) is 0. The van der Waals surface area contributed by atoms with Gasteiger partial charge in [-0.05, 0) is 19.3 Å². The van der Waals surface area contributed by atoms with E-state index >= 15 is 0 Å². The van der Waals surface area contributed by atoms with Crippen LogP contribution in [0.5, 0.6) is 0 Å². The molecule has 3 fully saturated rings. The second-order valence-corrected chi connectivity index (χ2v) is 4.36. The van der Waals surface area contributed by atoms with Crippen molar-refractivity contribution in [1.29, 1.82) is 0 Å². The first-order chi connectivity index (χ1) is 7.29. The van der Waals surface area contributed by atoms with Gasteiger partial charge in [0.1, 0.15) is 6.04 Å². The Morgan fingerprint density at radius 3 is 2.80 bits per heavy atom. The minimum absolute atomic E-state index is 0.00648. The van der Waals surface area contributed by atoms with Gasteiger partial charge in [0, 0.05) is 13.2 Å². The Labute approximate surface area is 88.0 Å². The molecule has 3 saturated heterocycles. The maximum Gasteiger partial charge on any atom is 0.327 e. The first-order valence-corrected chi connectivity index (χ1v) is 5.50. The van der Waals surface area contributed by atoms with Crippen molar-refractivity contribution in [2.24, 2.45) is 0 Å². The van der Waals surface area contributed by atoms with E-state index in [1.165, 1.54) is 4.90 Å². The van der Waals surface area contributed by atoms with Gasteiger partial charge in [-0.1, -0.05) is 0 Å². The number of urea groups is 1. The summed E-state index contributed by atoms with van der Waals surface area (Å²) < 4.78 is 5.22. The molecule has 0 aromatic carbocycles. The molecule has 3 rings (SSSR count). The number of carbonyl (C=O) groups excluding carboxylic acids is 2. The minimum atomic E-state index is -0.168. The van der Waals surface area contributed by atoms with Gasteiger partial charge in [-0.15, -0.1) is 0 Å². The molecule has 0 bridgehead atoms. The molecule has 3 aliphatic heterocycles. The average molecular weight is 210 g/mol. The van der Waals surface area contributed by atoms with Crippen LogP contribution in [0, 0.1) is 0 Å². The summed E-state index contributed by atoms with van der Waals surface area (Å²) >= 11 is 0. The molecular formula is C10H14N2O3. The number of amides is 3. The number of rotatable bonds is 1. The molecule has 0 spiro atoms. The zero-order valence-corrected chi connectivity index (χ0v) is 8.52. The van der Waals surface area contributed by atoms with Crippen molar-refractivity contribution in [3.63, 3.8) is 0 Å². The Hall–Kier alpha value is -1.10. The monoisotopic (exact) mass is 210 g/mol. The highest BCUT2D eigenvalue weighted by molar-refractivity contribution is 6.04. The highest BCUT2D eigenvalue weighted by Crippen LogP contribution is 2.30. The molecule has 2 unspecified atom stereocenters. The lowest BCUT2D eigenvalue weighted by Crippen LogP contribution is -2.42. The first-order valence-electron chi connectivity index (χ1n) is 5.50. The van der Waals surface area contributed by atoms with E-state index in [0.717, 1.165) is 25.8 Å². The number of carbonyl (C=O) groups is 2. The predicted molar refractivity (Wildman–Crippen MR) is 51.2 cm³/mol. The number of imide groups is 1. The van der Waals surface area contributed by atoms with Crippen LogP contribution in [0.2, 0.25) is 0 Å². The van der Waals surface area contributed by atoms with Crippen LogP contribution in [-0.2, 0) is 9.53 Å². The summed E-state index contributed by atoms with van der Waals surface area (Å²) in [6, 6.07) is -0.285. The van der Waals surface area contributed by atoms with E-state index in [2.05, 4.69) is 0 Å². The number of fused-ring (bicyclic) bond motifs is 1. The van der Waals surface area contributed by atoms with Crippen molar-refractivity contribution in [3.8, 4) is 0 Å². The molecule has 3 heterocycles. The lowest BCUT2D eigenvalue weighted by Gasteiger charge is -2.20. The van der Waals surface area contributed by atoms with E-state index in [-0.39, 0.29) is 24.0 Å². The van der Waals surface area contributed by atoms with Gasteiger partial charge in [0.05, 0.1) is 12.6 Å². The van der Waals surface area contributed by atoms with E-state index in [1.807, 2.05) is 0 Å². The maximum atomic E-state index is 12.0. The molecule has 0 radical (unpaired) electrons. The number of hydrogen-bond acceptors (Lipinski definition) is 3. The summed E-state index contributed by atoms with van der Waals surface area (Å²) in [5.74, 6) is -0.00648. The van der Waals surface area contributed by atoms with Crippen LogP contribution in [0.4, 0.5) is 4.79 Å². The van der Waals surface area contributed by atoms with Crippen LogP contribution in [0.25, 0.3) is 0 Å². The van der Waals surface area contributed by atoms with Crippen molar-refractivity contribution in [2.75, 3.05) is 19.8 Å². The van der Waals surface area contributed by atoms with Crippen LogP contribution in [0.3, 0.4) is 0 Å². The third-order valence-electron chi connectivity index (χ3n) is 3.50. The third kappa shape index (κ3) is 1.19. The Kier molecular flexibility index (Phi) is 1.95. The summed E-state index contributed by atoms with van der Waals surface area (Å²) in [6.07, 6.45) is 2.57. The van der Waals surface area contributed by atoms with Gasteiger partial charge >= 0.3 is 6.03 Å². The summed E-state index contributed by atoms with van der Waals surface area (Å²) in [4.78, 5) is 27.1. The molecule has 5 heteroatoms. The highest BCUT2D eigenvalue weighted by atomic mass is 16.5. The topological polar surface area (TPSA) is 49.9 Å². The summed E-state index contributed by atoms with van der Waals surface area (Å²) in [5, 5.41) is 0. The minimum Gasteiger partial charge on any atom is -0.379 e. The van der Waals surface area contributed by atoms with Gasteiger partial charge < -0.3 is 9.64 Å². The third-order valence-corrected chi connectivity index (χ3v) is 3.50. The zero-order chi connectivity index (χ0) is 10.4. The van der Waals surface area contributed by atoms with Gasteiger partial charge in [-0.3, -0.25) is 9.69 Å². The molecule has 3 amide bonds. The summed E-state index contributed by atoms with van der Waals surface area (Å²) in [6.45, 7) is 1.91. The SMILES string of the molecule is O=C1C2CCCN2C(=O)N1C1CCOC1. The second kappa shape index (κ2) is 3.20. The van der Waals surface area contributed by atoms with Crippen LogP contribution < -0.4 is 0 Å². The fourth-order valence-corrected chi connectivity index (χ4v) is 2.71. The van der Waals surface area contributed by atoms with Crippen LogP contribution >= 0.6 is 0 Å². The molecule has 0 aliphatic carbocycles. The fourth-order valence-electron chi connectivity index (χ4n) is 2.71. The Bertz CT molecular complexity index is 290. The highest BCUT2D eigenvalue weighted by Gasteiger charge is 2.50. The maximum absolute atomic E-state index is 12.0. The van der Waals surface area contributed by atoms with Crippen LogP contribution in [-0.4, -0.2) is 53.6 Å². The normalized spacial score (nSPS) is 35.5. The van der Waals surface area contributed by atoms with Gasteiger partial charge in [-0.25, -0.2) is 4.79 Å². The average Bonchev–Trinajstić information content (AvgIpc) is 2.89. The van der Waals surface area contributed by atoms with Crippen molar-refractivity contribution in [1.82, 2.24) is 9.80 Å². The van der Waals surface area contributed by atoms with Crippen molar-refractivity contribution < 1.29 is 14.3 Å². The molecule has 0 aromatic heterocycles. The van der Waals surface area contributed by atoms with E-state index in [4.69, 9.17) is 4.74 Å². The largest absolute Gasteiger partial charge is 0.379 e.